The number of rotatable bonds is 6. The minimum atomic E-state index is -1.02. The van der Waals surface area contributed by atoms with Gasteiger partial charge in [-0.3, -0.25) is 9.69 Å². The van der Waals surface area contributed by atoms with Crippen molar-refractivity contribution < 1.29 is 19.4 Å². The Morgan fingerprint density at radius 2 is 1.85 bits per heavy atom. The lowest BCUT2D eigenvalue weighted by molar-refractivity contribution is -0.137. The number of carboxylic acids is 1. The number of hydrogen-bond donors (Lipinski definition) is 1. The van der Waals surface area contributed by atoms with Crippen LogP contribution in [0.5, 0.6) is 5.75 Å². The second kappa shape index (κ2) is 7.37. The maximum absolute atomic E-state index is 12.3. The third-order valence-corrected chi connectivity index (χ3v) is 2.84. The Balaban J connectivity index is 2.83. The van der Waals surface area contributed by atoms with Crippen molar-refractivity contribution in [2.75, 3.05) is 32.1 Å². The van der Waals surface area contributed by atoms with Gasteiger partial charge >= 0.3 is 12.0 Å². The van der Waals surface area contributed by atoms with E-state index in [1.54, 1.807) is 38.4 Å². The van der Waals surface area contributed by atoms with Gasteiger partial charge < -0.3 is 14.7 Å². The smallest absolute Gasteiger partial charge is 0.324 e. The molecule has 0 aliphatic heterocycles. The Morgan fingerprint density at radius 1 is 1.25 bits per heavy atom. The molecule has 1 rings (SSSR count). The van der Waals surface area contributed by atoms with Gasteiger partial charge in [0.15, 0.2) is 0 Å². The number of carboxylic acid groups (broad SMARTS) is 1. The van der Waals surface area contributed by atoms with Gasteiger partial charge in [0.1, 0.15) is 12.3 Å². The number of hydrogen-bond acceptors (Lipinski definition) is 3. The quantitative estimate of drug-likeness (QED) is 0.865. The summed E-state index contributed by atoms with van der Waals surface area (Å²) >= 11 is 0. The zero-order chi connectivity index (χ0) is 15.1. The van der Waals surface area contributed by atoms with E-state index in [1.807, 2.05) is 6.92 Å². The topological polar surface area (TPSA) is 70.1 Å². The average Bonchev–Trinajstić information content (AvgIpc) is 2.45. The second-order valence-electron chi connectivity index (χ2n) is 4.35. The highest BCUT2D eigenvalue weighted by Crippen LogP contribution is 2.19. The normalized spacial score (nSPS) is 9.95. The van der Waals surface area contributed by atoms with Gasteiger partial charge in [-0.2, -0.15) is 0 Å². The highest BCUT2D eigenvalue weighted by molar-refractivity contribution is 5.93. The Morgan fingerprint density at radius 3 is 2.30 bits per heavy atom. The molecule has 0 aromatic heterocycles. The number of anilines is 1. The first kappa shape index (κ1) is 15.8. The number of benzene rings is 1. The van der Waals surface area contributed by atoms with Crippen LogP contribution in [0.3, 0.4) is 0 Å². The average molecular weight is 280 g/mol. The fourth-order valence-electron chi connectivity index (χ4n) is 1.80. The predicted octanol–water partition coefficient (Wildman–Crippen LogP) is 2.05. The number of aliphatic carboxylic acids is 1. The lowest BCUT2D eigenvalue weighted by Crippen LogP contribution is -2.44. The molecule has 0 radical (unpaired) electrons. The van der Waals surface area contributed by atoms with Crippen LogP contribution in [0.4, 0.5) is 10.5 Å². The molecule has 110 valence electrons. The van der Waals surface area contributed by atoms with E-state index in [4.69, 9.17) is 9.84 Å². The van der Waals surface area contributed by atoms with Gasteiger partial charge in [0.2, 0.25) is 0 Å². The van der Waals surface area contributed by atoms with E-state index >= 15 is 0 Å². The third kappa shape index (κ3) is 4.15. The van der Waals surface area contributed by atoms with Crippen LogP contribution >= 0.6 is 0 Å². The van der Waals surface area contributed by atoms with Crippen molar-refractivity contribution >= 4 is 17.7 Å². The molecule has 1 aromatic carbocycles. The zero-order valence-electron chi connectivity index (χ0n) is 12.0. The van der Waals surface area contributed by atoms with Crippen molar-refractivity contribution in [1.82, 2.24) is 4.90 Å². The van der Waals surface area contributed by atoms with E-state index in [9.17, 15) is 9.59 Å². The first-order valence-corrected chi connectivity index (χ1v) is 6.38. The number of amides is 2. The van der Waals surface area contributed by atoms with Gasteiger partial charge in [-0.1, -0.05) is 6.92 Å². The van der Waals surface area contributed by atoms with Gasteiger partial charge in [-0.05, 0) is 30.7 Å². The van der Waals surface area contributed by atoms with Crippen LogP contribution < -0.4 is 9.64 Å². The molecule has 0 atom stereocenters. The van der Waals surface area contributed by atoms with E-state index in [0.717, 1.165) is 0 Å². The lowest BCUT2D eigenvalue weighted by Gasteiger charge is -2.26. The van der Waals surface area contributed by atoms with Crippen LogP contribution in [0.2, 0.25) is 0 Å². The van der Waals surface area contributed by atoms with Crippen LogP contribution in [0.1, 0.15) is 13.3 Å². The van der Waals surface area contributed by atoms with Crippen molar-refractivity contribution in [2.45, 2.75) is 13.3 Å². The van der Waals surface area contributed by atoms with Crippen LogP contribution in [0, 0.1) is 0 Å². The zero-order valence-corrected chi connectivity index (χ0v) is 12.0. The number of methoxy groups -OCH3 is 1. The monoisotopic (exact) mass is 280 g/mol. The molecule has 0 unspecified atom stereocenters. The van der Waals surface area contributed by atoms with Gasteiger partial charge in [0, 0.05) is 19.3 Å². The van der Waals surface area contributed by atoms with Crippen molar-refractivity contribution in [3.05, 3.63) is 24.3 Å². The van der Waals surface area contributed by atoms with Crippen LogP contribution in [0.25, 0.3) is 0 Å². The molecule has 1 N–H and O–H groups in total. The Kier molecular flexibility index (Phi) is 5.83. The van der Waals surface area contributed by atoms with Gasteiger partial charge in [-0.25, -0.2) is 4.79 Å². The molecule has 0 fully saturated rings. The molecule has 0 bridgehead atoms. The molecule has 0 heterocycles. The number of carbonyl (C=O) groups is 2. The van der Waals surface area contributed by atoms with Crippen LogP contribution in [-0.2, 0) is 4.79 Å². The molecule has 1 aromatic rings. The maximum atomic E-state index is 12.3. The first-order chi connectivity index (χ1) is 9.49. The number of carbonyl (C=O) groups excluding carboxylic acids is 1. The Hall–Kier alpha value is -2.24. The van der Waals surface area contributed by atoms with Gasteiger partial charge in [0.25, 0.3) is 0 Å². The summed E-state index contributed by atoms with van der Waals surface area (Å²) in [5.41, 5.74) is 0.683. The summed E-state index contributed by atoms with van der Waals surface area (Å²) in [5, 5.41) is 8.85. The maximum Gasteiger partial charge on any atom is 0.324 e. The van der Waals surface area contributed by atoms with E-state index in [1.165, 1.54) is 9.80 Å². The summed E-state index contributed by atoms with van der Waals surface area (Å²) in [6, 6.07) is 6.67. The molecule has 0 saturated carbocycles. The predicted molar refractivity (Wildman–Crippen MR) is 76.3 cm³/mol. The standard InChI is InChI=1S/C14H20N2O4/c1-4-9-16(10-13(17)18)14(19)15(2)11-5-7-12(20-3)8-6-11/h5-8H,4,9-10H2,1-3H3,(H,17,18). The summed E-state index contributed by atoms with van der Waals surface area (Å²) in [5.74, 6) is -0.319. The van der Waals surface area contributed by atoms with E-state index < -0.39 is 5.97 Å². The third-order valence-electron chi connectivity index (χ3n) is 2.84. The fraction of sp³-hybridized carbons (Fsp3) is 0.429. The summed E-state index contributed by atoms with van der Waals surface area (Å²) in [4.78, 5) is 25.8. The van der Waals surface area contributed by atoms with Crippen molar-refractivity contribution in [3.8, 4) is 5.75 Å². The van der Waals surface area contributed by atoms with Crippen molar-refractivity contribution in [1.29, 1.82) is 0 Å². The largest absolute Gasteiger partial charge is 0.497 e. The van der Waals surface area contributed by atoms with E-state index in [2.05, 4.69) is 0 Å². The number of ether oxygens (including phenoxy) is 1. The highest BCUT2D eigenvalue weighted by Gasteiger charge is 2.20. The summed E-state index contributed by atoms with van der Waals surface area (Å²) in [6.45, 7) is 2.01. The molecule has 0 saturated heterocycles. The van der Waals surface area contributed by atoms with Gasteiger partial charge in [-0.15, -0.1) is 0 Å². The lowest BCUT2D eigenvalue weighted by atomic mass is 10.3. The Bertz CT molecular complexity index is 459. The minimum Gasteiger partial charge on any atom is -0.497 e. The van der Waals surface area contributed by atoms with Crippen LogP contribution in [0.15, 0.2) is 24.3 Å². The first-order valence-electron chi connectivity index (χ1n) is 6.38. The van der Waals surface area contributed by atoms with Crippen LogP contribution in [-0.4, -0.2) is 49.3 Å². The van der Waals surface area contributed by atoms with Gasteiger partial charge in [0.05, 0.1) is 7.11 Å². The van der Waals surface area contributed by atoms with Crippen molar-refractivity contribution in [2.24, 2.45) is 0 Å². The molecular weight excluding hydrogens is 260 g/mol. The summed E-state index contributed by atoms with van der Waals surface area (Å²) < 4.78 is 5.06. The Labute approximate surface area is 118 Å². The van der Waals surface area contributed by atoms with E-state index in [-0.39, 0.29) is 12.6 Å². The molecule has 20 heavy (non-hydrogen) atoms. The summed E-state index contributed by atoms with van der Waals surface area (Å²) in [6.07, 6.45) is 0.704. The van der Waals surface area contributed by atoms with Crippen molar-refractivity contribution in [3.63, 3.8) is 0 Å². The molecule has 6 nitrogen and oxygen atoms in total. The number of nitrogens with zero attached hydrogens (tertiary/aromatic N) is 2. The molecule has 0 aliphatic rings. The van der Waals surface area contributed by atoms with E-state index in [0.29, 0.717) is 24.4 Å². The minimum absolute atomic E-state index is 0.298. The molecular formula is C14H20N2O4. The molecule has 0 spiro atoms. The molecule has 6 heteroatoms. The fourth-order valence-corrected chi connectivity index (χ4v) is 1.80. The molecule has 2 amide bonds. The number of urea groups is 1. The molecule has 0 aliphatic carbocycles. The highest BCUT2D eigenvalue weighted by atomic mass is 16.5. The SMILES string of the molecule is CCCN(CC(=O)O)C(=O)N(C)c1ccc(OC)cc1. The second-order valence-corrected chi connectivity index (χ2v) is 4.35. The summed E-state index contributed by atoms with van der Waals surface area (Å²) in [7, 11) is 3.19.